The number of nitrogens with zero attached hydrogens (tertiary/aromatic N) is 1. The summed E-state index contributed by atoms with van der Waals surface area (Å²) in [6.45, 7) is 0. The number of hydrogen-bond acceptors (Lipinski definition) is 2. The third kappa shape index (κ3) is 2.45. The molecule has 0 saturated carbocycles. The molecule has 3 aromatic carbocycles. The van der Waals surface area contributed by atoms with Gasteiger partial charge in [0.1, 0.15) is 5.75 Å². The molecule has 0 radical (unpaired) electrons. The van der Waals surface area contributed by atoms with Gasteiger partial charge in [-0.3, -0.25) is 4.57 Å². The molecule has 5 aromatic rings. The zero-order chi connectivity index (χ0) is 18.8. The Morgan fingerprint density at radius 3 is 2.71 bits per heavy atom. The van der Waals surface area contributed by atoms with Crippen molar-refractivity contribution in [1.29, 1.82) is 0 Å². The van der Waals surface area contributed by atoms with Crippen molar-refractivity contribution in [3.05, 3.63) is 87.2 Å². The van der Waals surface area contributed by atoms with Crippen molar-refractivity contribution >= 4 is 59.9 Å². The summed E-state index contributed by atoms with van der Waals surface area (Å²) in [6, 6.07) is 25.1. The molecule has 28 heavy (non-hydrogen) atoms. The summed E-state index contributed by atoms with van der Waals surface area (Å²) >= 11 is 11.6. The Labute approximate surface area is 179 Å². The van der Waals surface area contributed by atoms with Gasteiger partial charge in [0.25, 0.3) is 0 Å². The number of benzene rings is 3. The van der Waals surface area contributed by atoms with Crippen molar-refractivity contribution in [2.24, 2.45) is 0 Å². The second kappa shape index (κ2) is 6.11. The summed E-state index contributed by atoms with van der Waals surface area (Å²) in [5, 5.41) is 3.10. The zero-order valence-electron chi connectivity index (χ0n) is 14.5. The highest BCUT2D eigenvalue weighted by Crippen LogP contribution is 2.46. The van der Waals surface area contributed by atoms with Crippen LogP contribution < -0.4 is 4.74 Å². The minimum atomic E-state index is -0.215. The van der Waals surface area contributed by atoms with Gasteiger partial charge in [0.15, 0.2) is 0 Å². The number of halogens is 2. The van der Waals surface area contributed by atoms with E-state index in [0.717, 1.165) is 37.4 Å². The molecule has 1 atom stereocenters. The molecule has 1 aliphatic rings. The van der Waals surface area contributed by atoms with E-state index in [1.807, 2.05) is 18.2 Å². The highest BCUT2D eigenvalue weighted by Gasteiger charge is 2.30. The molecule has 0 unspecified atom stereocenters. The molecule has 5 heteroatoms. The molecule has 2 aromatic heterocycles. The quantitative estimate of drug-likeness (QED) is 0.245. The van der Waals surface area contributed by atoms with Gasteiger partial charge in [0.05, 0.1) is 16.1 Å². The number of ether oxygens (including phenoxy) is 1. The van der Waals surface area contributed by atoms with Crippen molar-refractivity contribution in [2.45, 2.75) is 6.23 Å². The van der Waals surface area contributed by atoms with Gasteiger partial charge >= 0.3 is 0 Å². The van der Waals surface area contributed by atoms with Crippen molar-refractivity contribution < 1.29 is 4.74 Å². The lowest BCUT2D eigenvalue weighted by Crippen LogP contribution is -2.21. The summed E-state index contributed by atoms with van der Waals surface area (Å²) in [7, 11) is 0. The van der Waals surface area contributed by atoms with Crippen LogP contribution in [0, 0.1) is 0 Å². The van der Waals surface area contributed by atoms with E-state index in [9.17, 15) is 0 Å². The van der Waals surface area contributed by atoms with E-state index in [4.69, 9.17) is 16.3 Å². The Morgan fingerprint density at radius 2 is 1.82 bits per heavy atom. The smallest absolute Gasteiger partial charge is 0.212 e. The first kappa shape index (κ1) is 16.7. The summed E-state index contributed by atoms with van der Waals surface area (Å²) in [6.07, 6.45) is -0.215. The molecule has 0 fully saturated rings. The normalized spacial score (nSPS) is 15.4. The standard InChI is InChI=1S/C23H13BrClNOS/c24-15-5-7-17-19-10-14-9-16(25)6-8-18(14)26(19)23(27-20(17)12-15)22-11-13-3-1-2-4-21(13)28-22/h1-12,23H/t23-/m0/s1. The Bertz CT molecular complexity index is 1350. The molecule has 1 aliphatic heterocycles. The van der Waals surface area contributed by atoms with Gasteiger partial charge in [-0.2, -0.15) is 0 Å². The third-order valence-electron chi connectivity index (χ3n) is 5.18. The van der Waals surface area contributed by atoms with Gasteiger partial charge < -0.3 is 4.74 Å². The molecule has 0 N–H and O–H groups in total. The topological polar surface area (TPSA) is 14.2 Å². The predicted octanol–water partition coefficient (Wildman–Crippen LogP) is 7.88. The lowest BCUT2D eigenvalue weighted by Gasteiger charge is -2.29. The Morgan fingerprint density at radius 1 is 0.929 bits per heavy atom. The first-order valence-electron chi connectivity index (χ1n) is 8.93. The average molecular weight is 467 g/mol. The van der Waals surface area contributed by atoms with E-state index in [2.05, 4.69) is 75.1 Å². The highest BCUT2D eigenvalue weighted by molar-refractivity contribution is 9.10. The lowest BCUT2D eigenvalue weighted by molar-refractivity contribution is 0.177. The van der Waals surface area contributed by atoms with Crippen LogP contribution in [0.1, 0.15) is 11.1 Å². The van der Waals surface area contributed by atoms with Gasteiger partial charge in [0, 0.05) is 25.1 Å². The maximum Gasteiger partial charge on any atom is 0.212 e. The number of thiophene rings is 1. The maximum atomic E-state index is 6.56. The van der Waals surface area contributed by atoms with Crippen molar-refractivity contribution in [3.63, 3.8) is 0 Å². The molecule has 2 nitrogen and oxygen atoms in total. The second-order valence-corrected chi connectivity index (χ2v) is 9.37. The molecular weight excluding hydrogens is 454 g/mol. The van der Waals surface area contributed by atoms with E-state index in [1.54, 1.807) is 11.3 Å². The number of fused-ring (bicyclic) bond motifs is 6. The zero-order valence-corrected chi connectivity index (χ0v) is 17.7. The van der Waals surface area contributed by atoms with Crippen LogP contribution in [0.25, 0.3) is 32.2 Å². The van der Waals surface area contributed by atoms with Crippen LogP contribution in [0.5, 0.6) is 5.75 Å². The Kier molecular flexibility index (Phi) is 3.64. The molecule has 0 saturated heterocycles. The average Bonchev–Trinajstić information content (AvgIpc) is 3.28. The fraction of sp³-hybridized carbons (Fsp3) is 0.0435. The first-order valence-corrected chi connectivity index (χ1v) is 10.9. The van der Waals surface area contributed by atoms with Gasteiger partial charge in [-0.25, -0.2) is 0 Å². The van der Waals surface area contributed by atoms with E-state index >= 15 is 0 Å². The van der Waals surface area contributed by atoms with Crippen molar-refractivity contribution in [1.82, 2.24) is 4.57 Å². The molecule has 0 spiro atoms. The highest BCUT2D eigenvalue weighted by atomic mass is 79.9. The molecule has 0 bridgehead atoms. The van der Waals surface area contributed by atoms with E-state index in [1.165, 1.54) is 15.0 Å². The minimum absolute atomic E-state index is 0.215. The maximum absolute atomic E-state index is 6.56. The third-order valence-corrected chi connectivity index (χ3v) is 7.06. The molecule has 0 amide bonds. The van der Waals surface area contributed by atoms with Crippen LogP contribution in [0.4, 0.5) is 0 Å². The lowest BCUT2D eigenvalue weighted by atomic mass is 10.1. The van der Waals surface area contributed by atoms with Crippen LogP contribution in [0.3, 0.4) is 0 Å². The number of hydrogen-bond donors (Lipinski definition) is 0. The second-order valence-electron chi connectivity index (χ2n) is 6.90. The molecule has 6 rings (SSSR count). The summed E-state index contributed by atoms with van der Waals surface area (Å²) in [5.41, 5.74) is 3.36. The van der Waals surface area contributed by atoms with Crippen LogP contribution in [-0.4, -0.2) is 4.57 Å². The van der Waals surface area contributed by atoms with Crippen LogP contribution in [-0.2, 0) is 0 Å². The Balaban J connectivity index is 1.66. The molecular formula is C23H13BrClNOS. The van der Waals surface area contributed by atoms with Gasteiger partial charge in [0.2, 0.25) is 6.23 Å². The number of rotatable bonds is 1. The van der Waals surface area contributed by atoms with E-state index < -0.39 is 0 Å². The monoisotopic (exact) mass is 465 g/mol. The fourth-order valence-electron chi connectivity index (χ4n) is 3.95. The fourth-order valence-corrected chi connectivity index (χ4v) is 5.56. The summed E-state index contributed by atoms with van der Waals surface area (Å²) < 4.78 is 11.1. The SMILES string of the molecule is Clc1ccc2c(c1)cc1n2[C@H](c2cc3ccccc3s2)Oc2cc(Br)ccc2-1. The van der Waals surface area contributed by atoms with Gasteiger partial charge in [-0.15, -0.1) is 11.3 Å². The molecule has 0 aliphatic carbocycles. The van der Waals surface area contributed by atoms with Crippen LogP contribution in [0.2, 0.25) is 5.02 Å². The van der Waals surface area contributed by atoms with Crippen LogP contribution >= 0.6 is 38.9 Å². The van der Waals surface area contributed by atoms with E-state index in [0.29, 0.717) is 0 Å². The summed E-state index contributed by atoms with van der Waals surface area (Å²) in [4.78, 5) is 1.18. The van der Waals surface area contributed by atoms with Crippen molar-refractivity contribution in [3.8, 4) is 17.0 Å². The van der Waals surface area contributed by atoms with Gasteiger partial charge in [-0.1, -0.05) is 45.7 Å². The van der Waals surface area contributed by atoms with E-state index in [-0.39, 0.29) is 6.23 Å². The minimum Gasteiger partial charge on any atom is -0.464 e. The molecule has 3 heterocycles. The van der Waals surface area contributed by atoms with Crippen LogP contribution in [0.15, 0.2) is 77.3 Å². The Hall–Kier alpha value is -2.27. The summed E-state index contributed by atoms with van der Waals surface area (Å²) in [5.74, 6) is 0.887. The largest absolute Gasteiger partial charge is 0.464 e. The van der Waals surface area contributed by atoms with Crippen molar-refractivity contribution in [2.75, 3.05) is 0 Å². The molecule has 136 valence electrons. The first-order chi connectivity index (χ1) is 13.7. The number of aromatic nitrogens is 1. The predicted molar refractivity (Wildman–Crippen MR) is 121 cm³/mol. The van der Waals surface area contributed by atoms with Gasteiger partial charge in [-0.05, 0) is 60.0 Å².